The second-order valence-electron chi connectivity index (χ2n) is 5.69. The molecule has 2 aromatic heterocycles. The number of hydrogen-bond donors (Lipinski definition) is 2. The maximum Gasteiger partial charge on any atom is 0.267 e. The number of benzene rings is 1. The summed E-state index contributed by atoms with van der Waals surface area (Å²) in [6.07, 6.45) is 2.37. The van der Waals surface area contributed by atoms with Gasteiger partial charge in [0, 0.05) is 30.4 Å². The molecule has 6 nitrogen and oxygen atoms in total. The summed E-state index contributed by atoms with van der Waals surface area (Å²) < 4.78 is 1.97. The number of aromatic amines is 1. The van der Waals surface area contributed by atoms with Crippen molar-refractivity contribution in [2.75, 3.05) is 6.54 Å². The predicted octanol–water partition coefficient (Wildman–Crippen LogP) is 2.37. The fraction of sp³-hybridized carbons (Fsp3) is 0.353. The van der Waals surface area contributed by atoms with Crippen molar-refractivity contribution in [3.63, 3.8) is 0 Å². The van der Waals surface area contributed by atoms with E-state index in [1.165, 1.54) is 11.1 Å². The lowest BCUT2D eigenvalue weighted by molar-refractivity contribution is 0.0949. The van der Waals surface area contributed by atoms with Crippen molar-refractivity contribution >= 4 is 16.8 Å². The van der Waals surface area contributed by atoms with Crippen molar-refractivity contribution in [3.05, 3.63) is 47.2 Å². The van der Waals surface area contributed by atoms with Gasteiger partial charge in [0.25, 0.3) is 5.91 Å². The highest BCUT2D eigenvalue weighted by atomic mass is 16.1. The van der Waals surface area contributed by atoms with Gasteiger partial charge in [-0.3, -0.25) is 4.79 Å². The van der Waals surface area contributed by atoms with Gasteiger partial charge in [-0.1, -0.05) is 6.07 Å². The monoisotopic (exact) mass is 311 g/mol. The van der Waals surface area contributed by atoms with Crippen molar-refractivity contribution < 1.29 is 4.79 Å². The molecule has 0 aliphatic rings. The average Bonchev–Trinajstić information content (AvgIpc) is 3.17. The van der Waals surface area contributed by atoms with Gasteiger partial charge in [-0.25, -0.2) is 0 Å². The van der Waals surface area contributed by atoms with E-state index in [-0.39, 0.29) is 5.91 Å². The number of aromatic nitrogens is 4. The number of nitrogens with zero attached hydrogens (tertiary/aromatic N) is 3. The third-order valence-electron chi connectivity index (χ3n) is 4.26. The molecule has 0 fully saturated rings. The van der Waals surface area contributed by atoms with E-state index in [1.807, 2.05) is 23.6 Å². The Morgan fingerprint density at radius 2 is 2.17 bits per heavy atom. The quantitative estimate of drug-likeness (QED) is 0.759. The highest BCUT2D eigenvalue weighted by molar-refractivity contribution is 5.99. The molecule has 1 aromatic carbocycles. The molecule has 2 N–H and O–H groups in total. The molecular formula is C17H21N5O. The second kappa shape index (κ2) is 6.24. The fourth-order valence-corrected chi connectivity index (χ4v) is 2.70. The highest BCUT2D eigenvalue weighted by Crippen LogP contribution is 2.22. The molecule has 0 aliphatic carbocycles. The number of aryl methyl sites for hydroxylation is 3. The molecule has 23 heavy (non-hydrogen) atoms. The van der Waals surface area contributed by atoms with E-state index in [9.17, 15) is 4.79 Å². The van der Waals surface area contributed by atoms with E-state index in [0.29, 0.717) is 18.7 Å². The lowest BCUT2D eigenvalue weighted by Crippen LogP contribution is -2.26. The molecule has 3 rings (SSSR count). The summed E-state index contributed by atoms with van der Waals surface area (Å²) in [6.45, 7) is 7.55. The summed E-state index contributed by atoms with van der Waals surface area (Å²) in [5, 5.41) is 12.0. The van der Waals surface area contributed by atoms with Gasteiger partial charge in [-0.2, -0.15) is 0 Å². The molecule has 0 aliphatic heterocycles. The van der Waals surface area contributed by atoms with Crippen LogP contribution in [-0.4, -0.2) is 32.2 Å². The zero-order valence-corrected chi connectivity index (χ0v) is 13.7. The van der Waals surface area contributed by atoms with Gasteiger partial charge in [-0.05, 0) is 44.0 Å². The first-order chi connectivity index (χ1) is 11.1. The Balaban J connectivity index is 1.68. The van der Waals surface area contributed by atoms with Crippen LogP contribution < -0.4 is 5.32 Å². The van der Waals surface area contributed by atoms with Crippen molar-refractivity contribution in [1.82, 2.24) is 25.1 Å². The summed E-state index contributed by atoms with van der Waals surface area (Å²) in [7, 11) is 0. The summed E-state index contributed by atoms with van der Waals surface area (Å²) in [4.78, 5) is 15.5. The topological polar surface area (TPSA) is 75.6 Å². The smallest absolute Gasteiger partial charge is 0.267 e. The lowest BCUT2D eigenvalue weighted by Gasteiger charge is -2.04. The maximum atomic E-state index is 12.3. The molecular weight excluding hydrogens is 290 g/mol. The molecule has 0 bridgehead atoms. The number of carbonyl (C=O) groups excluding carboxylic acids is 1. The zero-order valence-electron chi connectivity index (χ0n) is 13.7. The summed E-state index contributed by atoms with van der Waals surface area (Å²) in [5.41, 5.74) is 4.01. The van der Waals surface area contributed by atoms with Crippen LogP contribution in [-0.2, 0) is 13.0 Å². The molecule has 2 heterocycles. The number of amides is 1. The van der Waals surface area contributed by atoms with Crippen molar-refractivity contribution in [3.8, 4) is 0 Å². The molecule has 120 valence electrons. The van der Waals surface area contributed by atoms with Crippen LogP contribution in [0.3, 0.4) is 0 Å². The third-order valence-corrected chi connectivity index (χ3v) is 4.26. The number of H-pyrrole nitrogens is 1. The van der Waals surface area contributed by atoms with Crippen LogP contribution in [0.4, 0.5) is 0 Å². The first kappa shape index (κ1) is 15.3. The Kier molecular flexibility index (Phi) is 4.14. The van der Waals surface area contributed by atoms with Gasteiger partial charge < -0.3 is 14.9 Å². The Morgan fingerprint density at radius 1 is 1.35 bits per heavy atom. The molecule has 6 heteroatoms. The fourth-order valence-electron chi connectivity index (χ4n) is 2.70. The van der Waals surface area contributed by atoms with E-state index >= 15 is 0 Å². The van der Waals surface area contributed by atoms with Crippen LogP contribution in [0.1, 0.15) is 34.4 Å². The van der Waals surface area contributed by atoms with E-state index < -0.39 is 0 Å². The number of nitrogens with one attached hydrogen (secondary N) is 2. The third kappa shape index (κ3) is 2.97. The largest absolute Gasteiger partial charge is 0.351 e. The molecule has 0 spiro atoms. The van der Waals surface area contributed by atoms with Crippen LogP contribution in [0.2, 0.25) is 0 Å². The van der Waals surface area contributed by atoms with Gasteiger partial charge in [0.05, 0.1) is 0 Å². The Bertz CT molecular complexity index is 846. The molecule has 0 unspecified atom stereocenters. The van der Waals surface area contributed by atoms with E-state index in [1.54, 1.807) is 6.33 Å². The Hall–Kier alpha value is -2.63. The number of rotatable bonds is 5. The van der Waals surface area contributed by atoms with E-state index in [4.69, 9.17) is 0 Å². The molecule has 0 saturated carbocycles. The minimum atomic E-state index is -0.0965. The number of carbonyl (C=O) groups is 1. The number of hydrogen-bond acceptors (Lipinski definition) is 3. The average molecular weight is 311 g/mol. The standard InChI is InChI=1S/C17H21N5O/c1-4-22-10-19-21-16(22)7-8-18-17(23)15-9-13-12(3)11(2)5-6-14(13)20-15/h5-6,9-10,20H,4,7-8H2,1-3H3,(H,18,23). The summed E-state index contributed by atoms with van der Waals surface area (Å²) in [5.74, 6) is 0.789. The van der Waals surface area contributed by atoms with Gasteiger partial charge >= 0.3 is 0 Å². The second-order valence-corrected chi connectivity index (χ2v) is 5.69. The number of fused-ring (bicyclic) bond motifs is 1. The SMILES string of the molecule is CCn1cnnc1CCNC(=O)c1cc2c(C)c(C)ccc2[nH]1. The summed E-state index contributed by atoms with van der Waals surface area (Å²) >= 11 is 0. The van der Waals surface area contributed by atoms with Gasteiger partial charge in [-0.15, -0.1) is 10.2 Å². The van der Waals surface area contributed by atoms with E-state index in [2.05, 4.69) is 40.4 Å². The Labute approximate surface area is 134 Å². The van der Waals surface area contributed by atoms with Crippen LogP contribution in [0.15, 0.2) is 24.5 Å². The normalized spacial score (nSPS) is 11.1. The van der Waals surface area contributed by atoms with Gasteiger partial charge in [0.1, 0.15) is 17.8 Å². The van der Waals surface area contributed by atoms with Gasteiger partial charge in [0.2, 0.25) is 0 Å². The van der Waals surface area contributed by atoms with Crippen LogP contribution in [0.25, 0.3) is 10.9 Å². The van der Waals surface area contributed by atoms with Crippen LogP contribution in [0, 0.1) is 13.8 Å². The van der Waals surface area contributed by atoms with Gasteiger partial charge in [0.15, 0.2) is 0 Å². The minimum absolute atomic E-state index is 0.0965. The molecule has 0 atom stereocenters. The molecule has 3 aromatic rings. The maximum absolute atomic E-state index is 12.3. The lowest BCUT2D eigenvalue weighted by atomic mass is 10.1. The Morgan fingerprint density at radius 3 is 2.96 bits per heavy atom. The van der Waals surface area contributed by atoms with E-state index in [0.717, 1.165) is 23.3 Å². The zero-order chi connectivity index (χ0) is 16.4. The van der Waals surface area contributed by atoms with Crippen LogP contribution in [0.5, 0.6) is 0 Å². The van der Waals surface area contributed by atoms with Crippen molar-refractivity contribution in [1.29, 1.82) is 0 Å². The van der Waals surface area contributed by atoms with Crippen LogP contribution >= 0.6 is 0 Å². The van der Waals surface area contributed by atoms with Crippen molar-refractivity contribution in [2.45, 2.75) is 33.7 Å². The summed E-state index contributed by atoms with van der Waals surface area (Å²) in [6, 6.07) is 5.99. The highest BCUT2D eigenvalue weighted by Gasteiger charge is 2.11. The first-order valence-corrected chi connectivity index (χ1v) is 7.84. The van der Waals surface area contributed by atoms with Crippen molar-refractivity contribution in [2.24, 2.45) is 0 Å². The molecule has 0 radical (unpaired) electrons. The molecule has 1 amide bonds. The first-order valence-electron chi connectivity index (χ1n) is 7.84. The predicted molar refractivity (Wildman–Crippen MR) is 89.5 cm³/mol. The molecule has 0 saturated heterocycles. The minimum Gasteiger partial charge on any atom is -0.351 e.